The number of anilines is 1. The molecule has 0 aliphatic carbocycles. The minimum atomic E-state index is -0.0853. The summed E-state index contributed by atoms with van der Waals surface area (Å²) >= 11 is 0. The summed E-state index contributed by atoms with van der Waals surface area (Å²) in [4.78, 5) is 24.1. The molecule has 6 nitrogen and oxygen atoms in total. The van der Waals surface area contributed by atoms with Crippen LogP contribution < -0.4 is 10.1 Å². The van der Waals surface area contributed by atoms with Gasteiger partial charge in [-0.1, -0.05) is 12.1 Å². The quantitative estimate of drug-likeness (QED) is 0.505. The van der Waals surface area contributed by atoms with E-state index >= 15 is 0 Å². The van der Waals surface area contributed by atoms with Crippen molar-refractivity contribution in [3.8, 4) is 17.1 Å². The molecule has 0 fully saturated rings. The first-order chi connectivity index (χ1) is 14.1. The summed E-state index contributed by atoms with van der Waals surface area (Å²) in [6.45, 7) is 4.35. The van der Waals surface area contributed by atoms with Crippen LogP contribution in [0.3, 0.4) is 0 Å². The SMILES string of the molecule is Cc1ccc(C)c(OCCC(=O)Nc2ccc(-c3nc4ccncc4[nH]3)cc2)c1. The minimum absolute atomic E-state index is 0.0853. The minimum Gasteiger partial charge on any atom is -0.493 e. The number of hydrogen-bond acceptors (Lipinski definition) is 4. The van der Waals surface area contributed by atoms with Gasteiger partial charge in [-0.3, -0.25) is 9.78 Å². The van der Waals surface area contributed by atoms with Crippen molar-refractivity contribution < 1.29 is 9.53 Å². The van der Waals surface area contributed by atoms with E-state index < -0.39 is 0 Å². The molecule has 1 amide bonds. The summed E-state index contributed by atoms with van der Waals surface area (Å²) < 4.78 is 5.75. The van der Waals surface area contributed by atoms with Crippen LogP contribution in [0.2, 0.25) is 0 Å². The van der Waals surface area contributed by atoms with Crippen LogP contribution in [0.15, 0.2) is 60.9 Å². The van der Waals surface area contributed by atoms with E-state index in [-0.39, 0.29) is 12.3 Å². The standard InChI is InChI=1S/C23H22N4O2/c1-15-3-4-16(2)21(13-15)29-12-10-22(28)25-18-7-5-17(6-8-18)23-26-19-9-11-24-14-20(19)27-23/h3-9,11,13-14H,10,12H2,1-2H3,(H,25,28)(H,26,27). The molecule has 2 N–H and O–H groups in total. The van der Waals surface area contributed by atoms with Gasteiger partial charge < -0.3 is 15.0 Å². The topological polar surface area (TPSA) is 79.9 Å². The van der Waals surface area contributed by atoms with Crippen molar-refractivity contribution in [1.29, 1.82) is 0 Å². The number of pyridine rings is 1. The molecule has 0 bridgehead atoms. The van der Waals surface area contributed by atoms with Gasteiger partial charge in [-0.25, -0.2) is 4.98 Å². The number of rotatable bonds is 6. The monoisotopic (exact) mass is 386 g/mol. The number of nitrogens with zero attached hydrogens (tertiary/aromatic N) is 2. The third kappa shape index (κ3) is 4.43. The molecule has 0 aliphatic heterocycles. The number of fused-ring (bicyclic) bond motifs is 1. The lowest BCUT2D eigenvalue weighted by molar-refractivity contribution is -0.116. The largest absolute Gasteiger partial charge is 0.493 e. The van der Waals surface area contributed by atoms with Crippen molar-refractivity contribution in [3.05, 3.63) is 72.1 Å². The van der Waals surface area contributed by atoms with Crippen molar-refractivity contribution in [2.75, 3.05) is 11.9 Å². The first-order valence-electron chi connectivity index (χ1n) is 9.48. The number of H-pyrrole nitrogens is 1. The van der Waals surface area contributed by atoms with Crippen LogP contribution in [-0.4, -0.2) is 27.5 Å². The van der Waals surface area contributed by atoms with Gasteiger partial charge in [-0.15, -0.1) is 0 Å². The lowest BCUT2D eigenvalue weighted by atomic mass is 10.1. The lowest BCUT2D eigenvalue weighted by Crippen LogP contribution is -2.15. The van der Waals surface area contributed by atoms with E-state index in [1.54, 1.807) is 12.4 Å². The number of aromatic amines is 1. The third-order valence-corrected chi connectivity index (χ3v) is 4.66. The number of benzene rings is 2. The number of aryl methyl sites for hydroxylation is 2. The average molecular weight is 386 g/mol. The molecule has 0 unspecified atom stereocenters. The van der Waals surface area contributed by atoms with Crippen LogP contribution in [0.1, 0.15) is 17.5 Å². The normalized spacial score (nSPS) is 10.8. The van der Waals surface area contributed by atoms with Gasteiger partial charge in [0.2, 0.25) is 5.91 Å². The van der Waals surface area contributed by atoms with Gasteiger partial charge >= 0.3 is 0 Å². The summed E-state index contributed by atoms with van der Waals surface area (Å²) in [7, 11) is 0. The Kier molecular flexibility index (Phi) is 5.24. The predicted octanol–water partition coefficient (Wildman–Crippen LogP) is 4.65. The van der Waals surface area contributed by atoms with Crippen LogP contribution >= 0.6 is 0 Å². The van der Waals surface area contributed by atoms with E-state index in [1.807, 2.05) is 62.4 Å². The summed E-state index contributed by atoms with van der Waals surface area (Å²) in [5, 5.41) is 2.90. The maximum Gasteiger partial charge on any atom is 0.227 e. The number of ether oxygens (including phenoxy) is 1. The molecule has 29 heavy (non-hydrogen) atoms. The van der Waals surface area contributed by atoms with Crippen molar-refractivity contribution in [2.45, 2.75) is 20.3 Å². The van der Waals surface area contributed by atoms with Crippen LogP contribution in [0.25, 0.3) is 22.4 Å². The number of imidazole rings is 1. The van der Waals surface area contributed by atoms with Gasteiger partial charge in [-0.2, -0.15) is 0 Å². The molecule has 0 aliphatic rings. The van der Waals surface area contributed by atoms with E-state index in [2.05, 4.69) is 20.3 Å². The number of nitrogens with one attached hydrogen (secondary N) is 2. The predicted molar refractivity (Wildman–Crippen MR) is 114 cm³/mol. The summed E-state index contributed by atoms with van der Waals surface area (Å²) in [5.41, 5.74) is 5.64. The Morgan fingerprint density at radius 2 is 1.93 bits per heavy atom. The van der Waals surface area contributed by atoms with Crippen molar-refractivity contribution in [2.24, 2.45) is 0 Å². The van der Waals surface area contributed by atoms with Crippen molar-refractivity contribution in [3.63, 3.8) is 0 Å². The van der Waals surface area contributed by atoms with Gasteiger partial charge in [0.25, 0.3) is 0 Å². The Bertz CT molecular complexity index is 1120. The maximum atomic E-state index is 12.2. The molecule has 0 atom stereocenters. The number of carbonyl (C=O) groups excluding carboxylic acids is 1. The molecule has 6 heteroatoms. The fourth-order valence-electron chi connectivity index (χ4n) is 3.05. The molecule has 4 rings (SSSR count). The first kappa shape index (κ1) is 18.7. The molecule has 0 radical (unpaired) electrons. The van der Waals surface area contributed by atoms with Gasteiger partial charge in [0, 0.05) is 17.4 Å². The maximum absolute atomic E-state index is 12.2. The Morgan fingerprint density at radius 1 is 1.10 bits per heavy atom. The number of hydrogen-bond donors (Lipinski definition) is 2. The Morgan fingerprint density at radius 3 is 2.72 bits per heavy atom. The molecule has 2 aromatic heterocycles. The van der Waals surface area contributed by atoms with Gasteiger partial charge in [0.05, 0.1) is 30.3 Å². The highest BCUT2D eigenvalue weighted by molar-refractivity contribution is 5.91. The molecule has 0 spiro atoms. The molecule has 2 heterocycles. The van der Waals surface area contributed by atoms with E-state index in [9.17, 15) is 4.79 Å². The average Bonchev–Trinajstić information content (AvgIpc) is 3.15. The highest BCUT2D eigenvalue weighted by Gasteiger charge is 2.07. The van der Waals surface area contributed by atoms with E-state index in [0.29, 0.717) is 6.61 Å². The third-order valence-electron chi connectivity index (χ3n) is 4.66. The molecule has 2 aromatic carbocycles. The molecule has 0 saturated heterocycles. The summed E-state index contributed by atoms with van der Waals surface area (Å²) in [6, 6.07) is 15.5. The van der Waals surface area contributed by atoms with Crippen molar-refractivity contribution >= 4 is 22.6 Å². The summed E-state index contributed by atoms with van der Waals surface area (Å²) in [6.07, 6.45) is 3.75. The number of carbonyl (C=O) groups is 1. The summed E-state index contributed by atoms with van der Waals surface area (Å²) in [5.74, 6) is 1.51. The van der Waals surface area contributed by atoms with Crippen molar-refractivity contribution in [1.82, 2.24) is 15.0 Å². The molecular formula is C23H22N4O2. The molecule has 146 valence electrons. The Balaban J connectivity index is 1.33. The Hall–Kier alpha value is -3.67. The highest BCUT2D eigenvalue weighted by atomic mass is 16.5. The highest BCUT2D eigenvalue weighted by Crippen LogP contribution is 2.22. The van der Waals surface area contributed by atoms with Gasteiger partial charge in [-0.05, 0) is 61.4 Å². The second-order valence-electron chi connectivity index (χ2n) is 6.97. The smallest absolute Gasteiger partial charge is 0.227 e. The second-order valence-corrected chi connectivity index (χ2v) is 6.97. The van der Waals surface area contributed by atoms with Gasteiger partial charge in [0.15, 0.2) is 0 Å². The van der Waals surface area contributed by atoms with E-state index in [0.717, 1.165) is 45.0 Å². The molecule has 4 aromatic rings. The zero-order chi connectivity index (χ0) is 20.2. The van der Waals surface area contributed by atoms with Crippen LogP contribution in [0, 0.1) is 13.8 Å². The Labute approximate surface area is 169 Å². The van der Waals surface area contributed by atoms with Crippen LogP contribution in [0.5, 0.6) is 5.75 Å². The fraction of sp³-hybridized carbons (Fsp3) is 0.174. The van der Waals surface area contributed by atoms with Crippen LogP contribution in [-0.2, 0) is 4.79 Å². The first-order valence-corrected chi connectivity index (χ1v) is 9.48. The number of aromatic nitrogens is 3. The lowest BCUT2D eigenvalue weighted by Gasteiger charge is -2.10. The molecule has 0 saturated carbocycles. The molecular weight excluding hydrogens is 364 g/mol. The van der Waals surface area contributed by atoms with E-state index in [1.165, 1.54) is 0 Å². The van der Waals surface area contributed by atoms with Crippen LogP contribution in [0.4, 0.5) is 5.69 Å². The second kappa shape index (κ2) is 8.14. The van der Waals surface area contributed by atoms with E-state index in [4.69, 9.17) is 4.74 Å². The van der Waals surface area contributed by atoms with Gasteiger partial charge in [0.1, 0.15) is 11.6 Å². The zero-order valence-electron chi connectivity index (χ0n) is 16.4. The zero-order valence-corrected chi connectivity index (χ0v) is 16.4. The fourth-order valence-corrected chi connectivity index (χ4v) is 3.05. The number of amides is 1.